The number of aliphatic carboxylic acids is 2. The summed E-state index contributed by atoms with van der Waals surface area (Å²) in [6, 6.07) is 5.00. The van der Waals surface area contributed by atoms with E-state index in [1.165, 1.54) is 12.1 Å². The summed E-state index contributed by atoms with van der Waals surface area (Å²) < 4.78 is 0. The summed E-state index contributed by atoms with van der Waals surface area (Å²) in [4.78, 5) is 44.4. The van der Waals surface area contributed by atoms with Crippen molar-refractivity contribution in [2.24, 2.45) is 0 Å². The number of nitrogen functional groups attached to an aromatic ring is 1. The molecule has 3 aromatic rings. The van der Waals surface area contributed by atoms with Crippen LogP contribution in [0.5, 0.6) is 5.88 Å². The summed E-state index contributed by atoms with van der Waals surface area (Å²) in [6.45, 7) is 0. The molecule has 0 unspecified atom stereocenters. The molecule has 0 radical (unpaired) electrons. The minimum absolute atomic E-state index is 0. The molecule has 0 bridgehead atoms. The SMILES string of the molecule is Nc1nc([O-])c2c(CCc3ccc(C(=O)N[C@@H](CCC(=O)[O-])C(=O)[O-])cc3)c[nH]c2n1.[Na+].[Na+]. The van der Waals surface area contributed by atoms with E-state index in [1.807, 2.05) is 0 Å². The Kier molecular flexibility index (Phi) is 11.3. The molecule has 13 heteroatoms. The smallest absolute Gasteiger partial charge is 0.858 e. The number of hydrogen-bond acceptors (Lipinski definition) is 9. The summed E-state index contributed by atoms with van der Waals surface area (Å²) in [5.74, 6) is -4.21. The molecular formula is C20H18N5Na2O6-. The van der Waals surface area contributed by atoms with Crippen molar-refractivity contribution >= 4 is 34.8 Å². The van der Waals surface area contributed by atoms with E-state index in [2.05, 4.69) is 20.3 Å². The van der Waals surface area contributed by atoms with E-state index in [0.29, 0.717) is 23.9 Å². The monoisotopic (exact) mass is 470 g/mol. The first kappa shape index (κ1) is 28.9. The van der Waals surface area contributed by atoms with Gasteiger partial charge in [0, 0.05) is 29.0 Å². The average Bonchev–Trinajstić information content (AvgIpc) is 3.12. The van der Waals surface area contributed by atoms with Crippen molar-refractivity contribution < 1.29 is 88.8 Å². The number of carboxylic acid groups (broad SMARTS) is 2. The molecule has 33 heavy (non-hydrogen) atoms. The molecule has 0 spiro atoms. The minimum Gasteiger partial charge on any atom is -0.858 e. The zero-order chi connectivity index (χ0) is 22.5. The van der Waals surface area contributed by atoms with Crippen molar-refractivity contribution in [3.8, 4) is 5.88 Å². The molecule has 2 aromatic heterocycles. The fourth-order valence-electron chi connectivity index (χ4n) is 3.13. The number of aromatic nitrogens is 3. The van der Waals surface area contributed by atoms with E-state index in [4.69, 9.17) is 5.73 Å². The van der Waals surface area contributed by atoms with Crippen molar-refractivity contribution in [1.29, 1.82) is 0 Å². The molecule has 162 valence electrons. The molecule has 2 heterocycles. The van der Waals surface area contributed by atoms with E-state index < -0.39 is 36.2 Å². The van der Waals surface area contributed by atoms with Crippen LogP contribution in [-0.4, -0.2) is 38.8 Å². The number of nitrogens with two attached hydrogens (primary N) is 1. The number of aryl methyl sites for hydroxylation is 2. The Labute approximate surface area is 232 Å². The summed E-state index contributed by atoms with van der Waals surface area (Å²) in [6.07, 6.45) is 1.90. The normalized spacial score (nSPS) is 11.2. The van der Waals surface area contributed by atoms with Crippen molar-refractivity contribution in [2.45, 2.75) is 31.7 Å². The van der Waals surface area contributed by atoms with Gasteiger partial charge in [-0.15, -0.1) is 0 Å². The van der Waals surface area contributed by atoms with Gasteiger partial charge in [0.2, 0.25) is 5.95 Å². The van der Waals surface area contributed by atoms with Crippen LogP contribution in [0.2, 0.25) is 0 Å². The van der Waals surface area contributed by atoms with Crippen LogP contribution >= 0.6 is 0 Å². The van der Waals surface area contributed by atoms with Crippen LogP contribution in [0.3, 0.4) is 0 Å². The van der Waals surface area contributed by atoms with Crippen molar-refractivity contribution in [3.05, 3.63) is 47.2 Å². The molecule has 1 amide bonds. The predicted octanol–water partition coefficient (Wildman–Crippen LogP) is -8.21. The van der Waals surface area contributed by atoms with E-state index in [1.54, 1.807) is 18.3 Å². The number of benzene rings is 1. The number of nitrogens with zero attached hydrogens (tertiary/aromatic N) is 2. The molecule has 0 fully saturated rings. The van der Waals surface area contributed by atoms with Gasteiger partial charge < -0.3 is 40.9 Å². The molecule has 11 nitrogen and oxygen atoms in total. The molecule has 1 aromatic carbocycles. The number of anilines is 1. The number of carbonyl (C=O) groups is 3. The fourth-order valence-corrected chi connectivity index (χ4v) is 3.13. The van der Waals surface area contributed by atoms with Crippen LogP contribution in [0.4, 0.5) is 5.95 Å². The van der Waals surface area contributed by atoms with Gasteiger partial charge in [-0.25, -0.2) is 4.98 Å². The maximum Gasteiger partial charge on any atom is 1.00 e. The molecule has 0 aliphatic carbocycles. The molecular weight excluding hydrogens is 452 g/mol. The van der Waals surface area contributed by atoms with Gasteiger partial charge in [-0.2, -0.15) is 4.98 Å². The number of carboxylic acids is 2. The third kappa shape index (κ3) is 7.70. The van der Waals surface area contributed by atoms with Gasteiger partial charge in [0.25, 0.3) is 5.91 Å². The van der Waals surface area contributed by atoms with Crippen molar-refractivity contribution in [1.82, 2.24) is 20.3 Å². The summed E-state index contributed by atoms with van der Waals surface area (Å²) >= 11 is 0. The second-order valence-corrected chi connectivity index (χ2v) is 6.88. The second kappa shape index (κ2) is 12.9. The van der Waals surface area contributed by atoms with Gasteiger partial charge in [-0.1, -0.05) is 12.1 Å². The summed E-state index contributed by atoms with van der Waals surface area (Å²) in [5.41, 5.74) is 7.68. The maximum atomic E-state index is 12.2. The zero-order valence-corrected chi connectivity index (χ0v) is 22.2. The van der Waals surface area contributed by atoms with Crippen molar-refractivity contribution in [2.75, 3.05) is 5.73 Å². The third-order valence-electron chi connectivity index (χ3n) is 4.72. The second-order valence-electron chi connectivity index (χ2n) is 6.88. The number of amides is 1. The quantitative estimate of drug-likeness (QED) is 0.254. The Morgan fingerprint density at radius 2 is 1.73 bits per heavy atom. The predicted molar refractivity (Wildman–Crippen MR) is 102 cm³/mol. The Bertz CT molecular complexity index is 1140. The van der Waals surface area contributed by atoms with Crippen LogP contribution in [0.15, 0.2) is 30.5 Å². The van der Waals surface area contributed by atoms with Crippen molar-refractivity contribution in [3.63, 3.8) is 0 Å². The van der Waals surface area contributed by atoms with Gasteiger partial charge in [0.05, 0.1) is 12.0 Å². The minimum atomic E-state index is -1.58. The van der Waals surface area contributed by atoms with Crippen LogP contribution in [0.1, 0.15) is 34.3 Å². The number of rotatable bonds is 9. The summed E-state index contributed by atoms with van der Waals surface area (Å²) in [7, 11) is 0. The molecule has 0 aliphatic heterocycles. The first-order valence-corrected chi connectivity index (χ1v) is 9.35. The van der Waals surface area contributed by atoms with Crippen LogP contribution in [-0.2, 0) is 22.4 Å². The number of aromatic amines is 1. The molecule has 3 rings (SSSR count). The Morgan fingerprint density at radius 1 is 1.06 bits per heavy atom. The van der Waals surface area contributed by atoms with E-state index in [0.717, 1.165) is 11.1 Å². The molecule has 1 atom stereocenters. The topological polar surface area (TPSA) is 200 Å². The molecule has 0 saturated heterocycles. The maximum absolute atomic E-state index is 12.2. The Hall–Kier alpha value is -2.15. The zero-order valence-electron chi connectivity index (χ0n) is 18.2. The Balaban J connectivity index is 0.00000272. The number of hydrogen-bond donors (Lipinski definition) is 3. The van der Waals surface area contributed by atoms with Gasteiger partial charge in [-0.05, 0) is 48.9 Å². The van der Waals surface area contributed by atoms with Gasteiger partial charge in [0.1, 0.15) is 5.65 Å². The summed E-state index contributed by atoms with van der Waals surface area (Å²) in [5, 5.41) is 36.3. The first-order chi connectivity index (χ1) is 14.7. The first-order valence-electron chi connectivity index (χ1n) is 9.35. The average molecular weight is 470 g/mol. The Morgan fingerprint density at radius 3 is 2.33 bits per heavy atom. The number of H-pyrrole nitrogens is 1. The number of nitrogens with one attached hydrogen (secondary N) is 2. The van der Waals surface area contributed by atoms with E-state index >= 15 is 0 Å². The number of fused-ring (bicyclic) bond motifs is 1. The standard InChI is InChI=1S/C20H21N5O6.2Na/c21-20-24-16-15(18(29)25-20)12(9-22-16)6-3-10-1-4-11(5-2-10)17(28)23-13(19(30)31)7-8-14(26)27;;/h1-2,4-5,9,13H,3,6-8H2,(H,23,28)(H,26,27)(H,30,31)(H4,21,22,24,25,29);;/q;2*+1/p-3/t13-;;/m0../s1. The molecule has 0 saturated carbocycles. The van der Waals surface area contributed by atoms with Gasteiger partial charge >= 0.3 is 59.1 Å². The molecule has 0 aliphatic rings. The number of carbonyl (C=O) groups excluding carboxylic acids is 3. The van der Waals surface area contributed by atoms with Crippen LogP contribution < -0.4 is 85.5 Å². The van der Waals surface area contributed by atoms with Crippen LogP contribution in [0, 0.1) is 0 Å². The molecule has 4 N–H and O–H groups in total. The van der Waals surface area contributed by atoms with Gasteiger partial charge in [-0.3, -0.25) is 4.79 Å². The third-order valence-corrected chi connectivity index (χ3v) is 4.72. The fraction of sp³-hybridized carbons (Fsp3) is 0.250. The van der Waals surface area contributed by atoms with E-state index in [9.17, 15) is 29.7 Å². The van der Waals surface area contributed by atoms with E-state index in [-0.39, 0.29) is 77.0 Å². The largest absolute Gasteiger partial charge is 1.00 e. The van der Waals surface area contributed by atoms with Gasteiger partial charge in [0.15, 0.2) is 0 Å². The van der Waals surface area contributed by atoms with Crippen LogP contribution in [0.25, 0.3) is 11.0 Å².